The topological polar surface area (TPSA) is 98.7 Å². The largest absolute Gasteiger partial charge is 0.389 e. The van der Waals surface area contributed by atoms with Gasteiger partial charge in [-0.3, -0.25) is 0 Å². The fourth-order valence-corrected chi connectivity index (χ4v) is 4.42. The lowest BCUT2D eigenvalue weighted by Gasteiger charge is -2.37. The Morgan fingerprint density at radius 3 is 2.62 bits per heavy atom. The first-order valence-corrected chi connectivity index (χ1v) is 10.6. The third-order valence-electron chi connectivity index (χ3n) is 5.06. The van der Waals surface area contributed by atoms with E-state index in [-0.39, 0.29) is 12.1 Å². The number of aromatic nitrogens is 2. The minimum absolute atomic E-state index is 0.198. The lowest BCUT2D eigenvalue weighted by molar-refractivity contribution is 0.141. The molecule has 2 saturated heterocycles. The molecule has 2 N–H and O–H groups in total. The number of aliphatic hydroxyl groups is 1. The van der Waals surface area contributed by atoms with Crippen LogP contribution in [0.4, 0.5) is 11.6 Å². The molecule has 0 unspecified atom stereocenters. The summed E-state index contributed by atoms with van der Waals surface area (Å²) in [5.41, 5.74) is 0. The second kappa shape index (κ2) is 6.64. The Morgan fingerprint density at radius 1 is 1.23 bits per heavy atom. The number of aliphatic hydroxyl groups excluding tert-OH is 1. The molecule has 4 heterocycles. The number of sulfonamides is 1. The summed E-state index contributed by atoms with van der Waals surface area (Å²) < 4.78 is 24.8. The van der Waals surface area contributed by atoms with Crippen molar-refractivity contribution in [2.45, 2.75) is 25.0 Å². The second-order valence-corrected chi connectivity index (χ2v) is 9.05. The molecule has 2 aliphatic heterocycles. The molecule has 2 aromatic heterocycles. The van der Waals surface area contributed by atoms with E-state index in [9.17, 15) is 13.5 Å². The number of hydrogen-bond acceptors (Lipinski definition) is 7. The molecule has 2 aromatic rings. The Labute approximate surface area is 152 Å². The highest BCUT2D eigenvalue weighted by atomic mass is 32.2. The van der Waals surface area contributed by atoms with E-state index in [1.54, 1.807) is 6.20 Å². The van der Waals surface area contributed by atoms with Crippen molar-refractivity contribution in [2.24, 2.45) is 0 Å². The first kappa shape index (κ1) is 17.4. The molecule has 8 nitrogen and oxygen atoms in total. The van der Waals surface area contributed by atoms with Crippen LogP contribution in [0.2, 0.25) is 0 Å². The van der Waals surface area contributed by atoms with Gasteiger partial charge in [0, 0.05) is 55.4 Å². The molecule has 2 fully saturated rings. The molecule has 0 bridgehead atoms. The number of rotatable bonds is 4. The summed E-state index contributed by atoms with van der Waals surface area (Å²) in [6.45, 7) is 2.26. The first-order valence-electron chi connectivity index (χ1n) is 8.79. The zero-order valence-electron chi connectivity index (χ0n) is 14.7. The van der Waals surface area contributed by atoms with Crippen LogP contribution in [-0.2, 0) is 10.0 Å². The van der Waals surface area contributed by atoms with Gasteiger partial charge in [-0.25, -0.2) is 22.7 Å². The fraction of sp³-hybridized carbons (Fsp3) is 0.529. The molecule has 0 atom stereocenters. The maximum Gasteiger partial charge on any atom is 0.211 e. The van der Waals surface area contributed by atoms with Gasteiger partial charge in [0.25, 0.3) is 0 Å². The van der Waals surface area contributed by atoms with E-state index < -0.39 is 10.0 Å². The predicted molar refractivity (Wildman–Crippen MR) is 101 cm³/mol. The van der Waals surface area contributed by atoms with Gasteiger partial charge in [0.15, 0.2) is 0 Å². The van der Waals surface area contributed by atoms with Crippen LogP contribution in [-0.4, -0.2) is 72.4 Å². The maximum atomic E-state index is 11.6. The lowest BCUT2D eigenvalue weighted by Crippen LogP contribution is -2.51. The summed E-state index contributed by atoms with van der Waals surface area (Å²) in [6.07, 6.45) is 6.07. The van der Waals surface area contributed by atoms with E-state index in [0.29, 0.717) is 26.2 Å². The molecule has 140 valence electrons. The minimum Gasteiger partial charge on any atom is -0.389 e. The zero-order valence-corrected chi connectivity index (χ0v) is 15.5. The summed E-state index contributed by atoms with van der Waals surface area (Å²) in [6, 6.07) is 4.12. The van der Waals surface area contributed by atoms with E-state index in [1.165, 1.54) is 10.6 Å². The fourth-order valence-electron chi connectivity index (χ4n) is 3.55. The Bertz CT molecular complexity index is 906. The normalized spacial score (nSPS) is 20.3. The average molecular weight is 377 g/mol. The van der Waals surface area contributed by atoms with Gasteiger partial charge in [0.1, 0.15) is 11.6 Å². The number of piperidine rings is 1. The lowest BCUT2D eigenvalue weighted by atomic mass is 10.1. The van der Waals surface area contributed by atoms with Gasteiger partial charge in [0.2, 0.25) is 10.0 Å². The maximum absolute atomic E-state index is 11.6. The number of hydrogen-bond donors (Lipinski definition) is 2. The summed E-state index contributed by atoms with van der Waals surface area (Å²) >= 11 is 0. The molecule has 4 rings (SSSR count). The summed E-state index contributed by atoms with van der Waals surface area (Å²) in [4.78, 5) is 11.0. The second-order valence-electron chi connectivity index (χ2n) is 7.06. The first-order chi connectivity index (χ1) is 12.4. The van der Waals surface area contributed by atoms with Gasteiger partial charge in [0.05, 0.1) is 12.4 Å². The van der Waals surface area contributed by atoms with Crippen LogP contribution in [0.25, 0.3) is 10.8 Å². The molecule has 0 amide bonds. The molecule has 0 radical (unpaired) electrons. The zero-order chi connectivity index (χ0) is 18.3. The van der Waals surface area contributed by atoms with Crippen molar-refractivity contribution in [1.29, 1.82) is 0 Å². The van der Waals surface area contributed by atoms with Crippen molar-refractivity contribution >= 4 is 32.4 Å². The average Bonchev–Trinajstić information content (AvgIpc) is 2.58. The highest BCUT2D eigenvalue weighted by molar-refractivity contribution is 7.88. The van der Waals surface area contributed by atoms with Gasteiger partial charge in [-0.15, -0.1) is 0 Å². The van der Waals surface area contributed by atoms with Gasteiger partial charge in [-0.1, -0.05) is 0 Å². The summed E-state index contributed by atoms with van der Waals surface area (Å²) in [7, 11) is -3.11. The quantitative estimate of drug-likeness (QED) is 0.807. The number of fused-ring (bicyclic) bond motifs is 1. The van der Waals surface area contributed by atoms with Crippen molar-refractivity contribution in [3.63, 3.8) is 0 Å². The van der Waals surface area contributed by atoms with E-state index in [4.69, 9.17) is 0 Å². The Balaban J connectivity index is 1.50. The van der Waals surface area contributed by atoms with Crippen molar-refractivity contribution in [3.8, 4) is 0 Å². The van der Waals surface area contributed by atoms with E-state index in [0.717, 1.165) is 35.2 Å². The third-order valence-corrected chi connectivity index (χ3v) is 6.37. The smallest absolute Gasteiger partial charge is 0.211 e. The van der Waals surface area contributed by atoms with Crippen molar-refractivity contribution in [1.82, 2.24) is 14.3 Å². The highest BCUT2D eigenvalue weighted by Crippen LogP contribution is 2.29. The highest BCUT2D eigenvalue weighted by Gasteiger charge is 2.27. The van der Waals surface area contributed by atoms with Crippen LogP contribution < -0.4 is 10.2 Å². The SMILES string of the molecule is CS(=O)(=O)N1CCC(Nc2cc3c(N4CC(O)C4)nccc3cn2)CC1. The molecule has 26 heavy (non-hydrogen) atoms. The number of β-amino-alcohol motifs (C(OH)–C–C–N with tert-alkyl or cyclic N) is 1. The number of anilines is 2. The molecule has 0 aliphatic carbocycles. The summed E-state index contributed by atoms with van der Waals surface area (Å²) in [5, 5.41) is 15.0. The van der Waals surface area contributed by atoms with E-state index in [1.807, 2.05) is 18.3 Å². The van der Waals surface area contributed by atoms with Gasteiger partial charge in [-0.05, 0) is 25.0 Å². The standard InChI is InChI=1S/C17H23N5O3S/c1-26(24,25)22-6-3-13(4-7-22)20-16-8-15-12(9-19-16)2-5-18-17(15)21-10-14(23)11-21/h2,5,8-9,13-14,23H,3-4,6-7,10-11H2,1H3,(H,19,20). The van der Waals surface area contributed by atoms with Crippen LogP contribution in [0.1, 0.15) is 12.8 Å². The molecule has 0 aromatic carbocycles. The number of pyridine rings is 2. The van der Waals surface area contributed by atoms with Crippen LogP contribution >= 0.6 is 0 Å². The van der Waals surface area contributed by atoms with E-state index >= 15 is 0 Å². The molecule has 2 aliphatic rings. The third kappa shape index (κ3) is 3.46. The molecule has 0 saturated carbocycles. The number of nitrogens with zero attached hydrogens (tertiary/aromatic N) is 4. The van der Waals surface area contributed by atoms with E-state index in [2.05, 4.69) is 20.2 Å². The van der Waals surface area contributed by atoms with Crippen molar-refractivity contribution in [3.05, 3.63) is 24.5 Å². The molecule has 9 heteroatoms. The number of nitrogens with one attached hydrogen (secondary N) is 1. The van der Waals surface area contributed by atoms with Gasteiger partial charge < -0.3 is 15.3 Å². The Morgan fingerprint density at radius 2 is 1.96 bits per heavy atom. The Hall–Kier alpha value is -1.97. The van der Waals surface area contributed by atoms with Crippen LogP contribution in [0.5, 0.6) is 0 Å². The van der Waals surface area contributed by atoms with Crippen molar-refractivity contribution < 1.29 is 13.5 Å². The summed E-state index contributed by atoms with van der Waals surface area (Å²) in [5.74, 6) is 1.63. The monoisotopic (exact) mass is 377 g/mol. The van der Waals surface area contributed by atoms with Crippen LogP contribution in [0.15, 0.2) is 24.5 Å². The Kier molecular flexibility index (Phi) is 4.45. The van der Waals surface area contributed by atoms with Crippen LogP contribution in [0.3, 0.4) is 0 Å². The van der Waals surface area contributed by atoms with Crippen molar-refractivity contribution in [2.75, 3.05) is 42.7 Å². The molecule has 0 spiro atoms. The minimum atomic E-state index is -3.11. The van der Waals surface area contributed by atoms with Gasteiger partial charge >= 0.3 is 0 Å². The molecular formula is C17H23N5O3S. The molecular weight excluding hydrogens is 354 g/mol. The van der Waals surface area contributed by atoms with Crippen LogP contribution in [0, 0.1) is 0 Å². The van der Waals surface area contributed by atoms with Gasteiger partial charge in [-0.2, -0.15) is 0 Å². The predicted octanol–water partition coefficient (Wildman–Crippen LogP) is 0.647.